The van der Waals surface area contributed by atoms with Crippen LogP contribution in [0.4, 0.5) is 0 Å². The Morgan fingerprint density at radius 2 is 2.19 bits per heavy atom. The molecule has 1 atom stereocenters. The Morgan fingerprint density at radius 3 is 3.00 bits per heavy atom. The van der Waals surface area contributed by atoms with Crippen LogP contribution in [0.25, 0.3) is 0 Å². The fraction of sp³-hybridized carbons (Fsp3) is 0.667. The van der Waals surface area contributed by atoms with Crippen LogP contribution in [0.2, 0.25) is 0 Å². The molecular formula is C18H29NO2. The van der Waals surface area contributed by atoms with Gasteiger partial charge >= 0.3 is 0 Å². The number of aliphatic hydroxyl groups excluding tert-OH is 1. The minimum absolute atomic E-state index is 0.328. The van der Waals surface area contributed by atoms with Crippen molar-refractivity contribution < 1.29 is 9.84 Å². The second-order valence-electron chi connectivity index (χ2n) is 6.29. The third-order valence-corrected chi connectivity index (χ3v) is 4.36. The van der Waals surface area contributed by atoms with Crippen LogP contribution < -0.4 is 4.74 Å². The molecule has 1 aliphatic heterocycles. The van der Waals surface area contributed by atoms with Crippen molar-refractivity contribution in [2.45, 2.75) is 39.5 Å². The predicted molar refractivity (Wildman–Crippen MR) is 86.9 cm³/mol. The molecule has 0 bridgehead atoms. The van der Waals surface area contributed by atoms with E-state index in [-0.39, 0.29) is 0 Å². The van der Waals surface area contributed by atoms with Crippen LogP contribution >= 0.6 is 0 Å². The van der Waals surface area contributed by atoms with E-state index in [1.165, 1.54) is 30.5 Å². The summed E-state index contributed by atoms with van der Waals surface area (Å²) >= 11 is 0. The summed E-state index contributed by atoms with van der Waals surface area (Å²) in [6.07, 6.45) is 4.56. The minimum Gasteiger partial charge on any atom is -0.493 e. The van der Waals surface area contributed by atoms with Crippen molar-refractivity contribution in [2.75, 3.05) is 32.8 Å². The molecule has 0 aromatic heterocycles. The number of benzene rings is 1. The topological polar surface area (TPSA) is 32.7 Å². The van der Waals surface area contributed by atoms with Crippen LogP contribution in [0, 0.1) is 19.8 Å². The summed E-state index contributed by atoms with van der Waals surface area (Å²) in [5.74, 6) is 1.70. The quantitative estimate of drug-likeness (QED) is 0.783. The van der Waals surface area contributed by atoms with Gasteiger partial charge < -0.3 is 14.7 Å². The van der Waals surface area contributed by atoms with Crippen molar-refractivity contribution in [2.24, 2.45) is 5.92 Å². The molecule has 1 N–H and O–H groups in total. The van der Waals surface area contributed by atoms with Gasteiger partial charge in [-0.1, -0.05) is 12.1 Å². The summed E-state index contributed by atoms with van der Waals surface area (Å²) in [5, 5.41) is 9.05. The van der Waals surface area contributed by atoms with E-state index in [2.05, 4.69) is 36.9 Å². The molecule has 0 aliphatic carbocycles. The van der Waals surface area contributed by atoms with Crippen LogP contribution in [-0.4, -0.2) is 42.9 Å². The maximum atomic E-state index is 9.05. The van der Waals surface area contributed by atoms with Crippen LogP contribution in [0.1, 0.15) is 36.8 Å². The standard InChI is InChI=1S/C18H29NO2/c1-15-6-7-16(2)18(13-15)21-12-4-10-19-9-3-5-17(14-19)8-11-20/h6-7,13,17,20H,3-5,8-12,14H2,1-2H3. The Hall–Kier alpha value is -1.06. The van der Waals surface area contributed by atoms with Gasteiger partial charge in [0.05, 0.1) is 6.61 Å². The van der Waals surface area contributed by atoms with Crippen molar-refractivity contribution >= 4 is 0 Å². The zero-order chi connectivity index (χ0) is 15.1. The van der Waals surface area contributed by atoms with Crippen molar-refractivity contribution in [3.8, 4) is 5.75 Å². The molecule has 1 heterocycles. The maximum absolute atomic E-state index is 9.05. The van der Waals surface area contributed by atoms with Gasteiger partial charge in [0.15, 0.2) is 0 Å². The molecule has 118 valence electrons. The summed E-state index contributed by atoms with van der Waals surface area (Å²) in [5.41, 5.74) is 2.46. The summed E-state index contributed by atoms with van der Waals surface area (Å²) in [6, 6.07) is 6.36. The van der Waals surface area contributed by atoms with Crippen molar-refractivity contribution in [3.05, 3.63) is 29.3 Å². The molecular weight excluding hydrogens is 262 g/mol. The second-order valence-corrected chi connectivity index (χ2v) is 6.29. The van der Waals surface area contributed by atoms with Gasteiger partial charge in [0.2, 0.25) is 0 Å². The van der Waals surface area contributed by atoms with Crippen molar-refractivity contribution in [3.63, 3.8) is 0 Å². The smallest absolute Gasteiger partial charge is 0.122 e. The van der Waals surface area contributed by atoms with Gasteiger partial charge in [0, 0.05) is 19.7 Å². The van der Waals surface area contributed by atoms with Crippen molar-refractivity contribution in [1.82, 2.24) is 4.90 Å². The second kappa shape index (κ2) is 8.40. The number of ether oxygens (including phenoxy) is 1. The monoisotopic (exact) mass is 291 g/mol. The fourth-order valence-electron chi connectivity index (χ4n) is 3.11. The zero-order valence-corrected chi connectivity index (χ0v) is 13.5. The van der Waals surface area contributed by atoms with Gasteiger partial charge in [-0.3, -0.25) is 0 Å². The van der Waals surface area contributed by atoms with Gasteiger partial charge in [-0.05, 0) is 69.2 Å². The van der Waals surface area contributed by atoms with Gasteiger partial charge in [-0.25, -0.2) is 0 Å². The van der Waals surface area contributed by atoms with E-state index in [0.717, 1.165) is 38.3 Å². The highest BCUT2D eigenvalue weighted by Crippen LogP contribution is 2.21. The van der Waals surface area contributed by atoms with Gasteiger partial charge in [0.25, 0.3) is 0 Å². The average Bonchev–Trinajstić information content (AvgIpc) is 2.48. The first-order valence-electron chi connectivity index (χ1n) is 8.22. The molecule has 0 spiro atoms. The molecule has 3 heteroatoms. The van der Waals surface area contributed by atoms with Crippen LogP contribution in [-0.2, 0) is 0 Å². The zero-order valence-electron chi connectivity index (χ0n) is 13.5. The first-order chi connectivity index (χ1) is 10.2. The number of aliphatic hydroxyl groups is 1. The first kappa shape index (κ1) is 16.3. The molecule has 0 radical (unpaired) electrons. The highest BCUT2D eigenvalue weighted by atomic mass is 16.5. The Bertz CT molecular complexity index is 431. The van der Waals surface area contributed by atoms with Crippen molar-refractivity contribution in [1.29, 1.82) is 0 Å². The molecule has 1 saturated heterocycles. The number of aryl methyl sites for hydroxylation is 2. The van der Waals surface area contributed by atoms with E-state index in [4.69, 9.17) is 9.84 Å². The number of rotatable bonds is 7. The van der Waals surface area contributed by atoms with Crippen LogP contribution in [0.15, 0.2) is 18.2 Å². The highest BCUT2D eigenvalue weighted by molar-refractivity contribution is 5.35. The predicted octanol–water partition coefficient (Wildman–Crippen LogP) is 3.17. The summed E-state index contributed by atoms with van der Waals surface area (Å²) < 4.78 is 5.92. The SMILES string of the molecule is Cc1ccc(C)c(OCCCN2CCCC(CCO)C2)c1. The minimum atomic E-state index is 0.328. The summed E-state index contributed by atoms with van der Waals surface area (Å²) in [4.78, 5) is 2.52. The van der Waals surface area contributed by atoms with E-state index < -0.39 is 0 Å². The fourth-order valence-corrected chi connectivity index (χ4v) is 3.11. The molecule has 1 aliphatic rings. The Balaban J connectivity index is 1.68. The molecule has 1 unspecified atom stereocenters. The Kier molecular flexibility index (Phi) is 6.52. The van der Waals surface area contributed by atoms with Crippen LogP contribution in [0.3, 0.4) is 0 Å². The molecule has 2 rings (SSSR count). The summed E-state index contributed by atoms with van der Waals surface area (Å²) in [7, 11) is 0. The number of hydrogen-bond acceptors (Lipinski definition) is 3. The molecule has 1 aromatic carbocycles. The van der Waals surface area contributed by atoms with E-state index in [0.29, 0.717) is 12.5 Å². The first-order valence-corrected chi connectivity index (χ1v) is 8.22. The summed E-state index contributed by atoms with van der Waals surface area (Å²) in [6.45, 7) is 8.75. The third kappa shape index (κ3) is 5.33. The number of hydrogen-bond donors (Lipinski definition) is 1. The number of nitrogens with zero attached hydrogens (tertiary/aromatic N) is 1. The molecule has 1 fully saturated rings. The Morgan fingerprint density at radius 1 is 1.33 bits per heavy atom. The van der Waals surface area contributed by atoms with E-state index in [1.54, 1.807) is 0 Å². The third-order valence-electron chi connectivity index (χ3n) is 4.36. The highest BCUT2D eigenvalue weighted by Gasteiger charge is 2.18. The van der Waals surface area contributed by atoms with Gasteiger partial charge in [-0.2, -0.15) is 0 Å². The number of piperidine rings is 1. The number of likely N-dealkylation sites (tertiary alicyclic amines) is 1. The van der Waals surface area contributed by atoms with E-state index >= 15 is 0 Å². The van der Waals surface area contributed by atoms with Crippen LogP contribution in [0.5, 0.6) is 5.75 Å². The lowest BCUT2D eigenvalue weighted by Gasteiger charge is -2.32. The van der Waals surface area contributed by atoms with Gasteiger partial charge in [-0.15, -0.1) is 0 Å². The van der Waals surface area contributed by atoms with E-state index in [9.17, 15) is 0 Å². The lowest BCUT2D eigenvalue weighted by Crippen LogP contribution is -2.36. The average molecular weight is 291 g/mol. The molecule has 0 amide bonds. The lowest BCUT2D eigenvalue weighted by molar-refractivity contribution is 0.140. The molecule has 0 saturated carbocycles. The van der Waals surface area contributed by atoms with Gasteiger partial charge in [0.1, 0.15) is 5.75 Å². The normalized spacial score (nSPS) is 19.7. The molecule has 3 nitrogen and oxygen atoms in total. The molecule has 1 aromatic rings. The van der Waals surface area contributed by atoms with E-state index in [1.807, 2.05) is 0 Å². The largest absolute Gasteiger partial charge is 0.493 e. The lowest BCUT2D eigenvalue weighted by atomic mass is 9.95. The molecule has 21 heavy (non-hydrogen) atoms. The Labute approximate surface area is 128 Å². The maximum Gasteiger partial charge on any atom is 0.122 e.